The fourth-order valence-corrected chi connectivity index (χ4v) is 5.10. The average molecular weight is 473 g/mol. The van der Waals surface area contributed by atoms with Crippen LogP contribution in [-0.4, -0.2) is 47.4 Å². The quantitative estimate of drug-likeness (QED) is 0.624. The number of thiazole rings is 1. The van der Waals surface area contributed by atoms with E-state index < -0.39 is 6.04 Å². The summed E-state index contributed by atoms with van der Waals surface area (Å²) in [4.78, 5) is 33.5. The van der Waals surface area contributed by atoms with Crippen LogP contribution in [0.2, 0.25) is 0 Å². The predicted molar refractivity (Wildman–Crippen MR) is 137 cm³/mol. The third-order valence-electron chi connectivity index (χ3n) is 6.02. The minimum Gasteiger partial charge on any atom is -0.348 e. The van der Waals surface area contributed by atoms with Crippen LogP contribution in [-0.2, 0) is 9.59 Å². The van der Waals surface area contributed by atoms with Gasteiger partial charge in [-0.2, -0.15) is 0 Å². The summed E-state index contributed by atoms with van der Waals surface area (Å²) in [6.07, 6.45) is 1.55. The van der Waals surface area contributed by atoms with E-state index in [0.29, 0.717) is 13.0 Å². The molecule has 182 valence electrons. The van der Waals surface area contributed by atoms with Gasteiger partial charge in [-0.05, 0) is 50.3 Å². The largest absolute Gasteiger partial charge is 0.348 e. The Balaban J connectivity index is 0.00000187. The van der Waals surface area contributed by atoms with Crippen LogP contribution in [0.4, 0.5) is 0 Å². The monoisotopic (exact) mass is 472 g/mol. The molecule has 3 unspecified atom stereocenters. The van der Waals surface area contributed by atoms with Crippen molar-refractivity contribution in [1.29, 1.82) is 0 Å². The summed E-state index contributed by atoms with van der Waals surface area (Å²) < 4.78 is 0. The molecule has 0 radical (unpaired) electrons. The van der Waals surface area contributed by atoms with Crippen molar-refractivity contribution in [3.05, 3.63) is 41.0 Å². The number of carbonyl (C=O) groups is 2. The van der Waals surface area contributed by atoms with Crippen molar-refractivity contribution in [3.8, 4) is 10.4 Å². The zero-order chi connectivity index (χ0) is 24.8. The van der Waals surface area contributed by atoms with Crippen molar-refractivity contribution in [2.75, 3.05) is 13.6 Å². The SMILES string of the molecule is CC.CNC(C(=O)N1CCCC1C(=O)NC(C)c1ccc(-c2scnc2C)cc1)C(C)(C)C. The number of hydrogen-bond acceptors (Lipinski definition) is 5. The predicted octanol–water partition coefficient (Wildman–Crippen LogP) is 4.95. The molecule has 0 saturated carbocycles. The topological polar surface area (TPSA) is 74.3 Å². The van der Waals surface area contributed by atoms with Crippen molar-refractivity contribution in [2.45, 2.75) is 79.4 Å². The molecule has 7 heteroatoms. The lowest BCUT2D eigenvalue weighted by atomic mass is 9.86. The van der Waals surface area contributed by atoms with Crippen LogP contribution in [0.25, 0.3) is 10.4 Å². The maximum absolute atomic E-state index is 13.2. The van der Waals surface area contributed by atoms with E-state index in [9.17, 15) is 9.59 Å². The Morgan fingerprint density at radius 2 is 1.82 bits per heavy atom. The first kappa shape index (κ1) is 27.0. The molecular formula is C26H40N4O2S. The molecule has 3 atom stereocenters. The molecule has 1 aliphatic rings. The van der Waals surface area contributed by atoms with Crippen LogP contribution in [0, 0.1) is 12.3 Å². The maximum Gasteiger partial charge on any atom is 0.243 e. The first-order valence-corrected chi connectivity index (χ1v) is 12.8. The molecule has 33 heavy (non-hydrogen) atoms. The van der Waals surface area contributed by atoms with Crippen LogP contribution < -0.4 is 10.6 Å². The molecule has 2 amide bonds. The van der Waals surface area contributed by atoms with Crippen LogP contribution >= 0.6 is 11.3 Å². The molecule has 3 rings (SSSR count). The lowest BCUT2D eigenvalue weighted by Crippen LogP contribution is -2.55. The molecule has 2 heterocycles. The van der Waals surface area contributed by atoms with Gasteiger partial charge in [0, 0.05) is 6.54 Å². The summed E-state index contributed by atoms with van der Waals surface area (Å²) in [6.45, 7) is 14.7. The van der Waals surface area contributed by atoms with Crippen LogP contribution in [0.15, 0.2) is 29.8 Å². The van der Waals surface area contributed by atoms with Crippen LogP contribution in [0.1, 0.15) is 71.7 Å². The number of amides is 2. The second kappa shape index (κ2) is 11.7. The molecule has 1 aromatic carbocycles. The van der Waals surface area contributed by atoms with Gasteiger partial charge in [0.1, 0.15) is 6.04 Å². The summed E-state index contributed by atoms with van der Waals surface area (Å²) in [6, 6.07) is 7.38. The Labute approximate surface area is 203 Å². The zero-order valence-corrected chi connectivity index (χ0v) is 22.2. The Bertz CT molecular complexity index is 917. The van der Waals surface area contributed by atoms with Gasteiger partial charge < -0.3 is 15.5 Å². The average Bonchev–Trinajstić information content (AvgIpc) is 3.44. The van der Waals surface area contributed by atoms with E-state index in [2.05, 4.69) is 27.8 Å². The number of likely N-dealkylation sites (tertiary alicyclic amines) is 1. The maximum atomic E-state index is 13.2. The van der Waals surface area contributed by atoms with E-state index in [1.807, 2.05) is 66.1 Å². The Hall–Kier alpha value is -2.25. The molecule has 0 aliphatic carbocycles. The summed E-state index contributed by atoms with van der Waals surface area (Å²) >= 11 is 1.63. The minimum atomic E-state index is -0.410. The van der Waals surface area contributed by atoms with Gasteiger partial charge >= 0.3 is 0 Å². The molecule has 2 N–H and O–H groups in total. The first-order valence-electron chi connectivity index (χ1n) is 11.9. The Morgan fingerprint density at radius 1 is 1.18 bits per heavy atom. The number of hydrogen-bond donors (Lipinski definition) is 2. The second-order valence-corrected chi connectivity index (χ2v) is 10.3. The van der Waals surface area contributed by atoms with Gasteiger partial charge in [0.15, 0.2) is 0 Å². The van der Waals surface area contributed by atoms with E-state index in [1.54, 1.807) is 23.3 Å². The third kappa shape index (κ3) is 6.42. The lowest BCUT2D eigenvalue weighted by molar-refractivity contribution is -0.142. The smallest absolute Gasteiger partial charge is 0.243 e. The standard InChI is InChI=1S/C24H34N4O2S.C2H6/c1-15(17-9-11-18(12-10-17)20-16(2)26-14-31-20)27-22(29)19-8-7-13-28(19)23(30)21(25-6)24(3,4)5;1-2/h9-12,14-15,19,21,25H,7-8,13H2,1-6H3,(H,27,29);1-2H3. The number of carbonyl (C=O) groups excluding carboxylic acids is 2. The van der Waals surface area contributed by atoms with Gasteiger partial charge in [0.2, 0.25) is 11.8 Å². The Morgan fingerprint density at radius 3 is 2.33 bits per heavy atom. The van der Waals surface area contributed by atoms with Gasteiger partial charge in [0.05, 0.1) is 28.2 Å². The second-order valence-electron chi connectivity index (χ2n) is 9.40. The highest BCUT2D eigenvalue weighted by Crippen LogP contribution is 2.29. The number of benzene rings is 1. The summed E-state index contributed by atoms with van der Waals surface area (Å²) in [5.74, 6) is -0.0749. The van der Waals surface area contributed by atoms with E-state index in [4.69, 9.17) is 0 Å². The van der Waals surface area contributed by atoms with Gasteiger partial charge in [-0.25, -0.2) is 4.98 Å². The molecule has 2 aromatic rings. The van der Waals surface area contributed by atoms with Crippen LogP contribution in [0.5, 0.6) is 0 Å². The van der Waals surface area contributed by atoms with E-state index in [0.717, 1.165) is 23.2 Å². The number of rotatable bonds is 6. The highest BCUT2D eigenvalue weighted by atomic mass is 32.1. The lowest BCUT2D eigenvalue weighted by Gasteiger charge is -2.35. The summed E-state index contributed by atoms with van der Waals surface area (Å²) in [7, 11) is 1.80. The fourth-order valence-electron chi connectivity index (χ4n) is 4.29. The number of likely N-dealkylation sites (N-methyl/N-ethyl adjacent to an activating group) is 1. The van der Waals surface area contributed by atoms with E-state index in [-0.39, 0.29) is 29.3 Å². The van der Waals surface area contributed by atoms with Gasteiger partial charge in [-0.1, -0.05) is 58.9 Å². The Kier molecular flexibility index (Phi) is 9.61. The molecule has 0 bridgehead atoms. The molecule has 1 saturated heterocycles. The number of aromatic nitrogens is 1. The van der Waals surface area contributed by atoms with Crippen molar-refractivity contribution < 1.29 is 9.59 Å². The number of aryl methyl sites for hydroxylation is 1. The molecule has 0 spiro atoms. The van der Waals surface area contributed by atoms with Crippen LogP contribution in [0.3, 0.4) is 0 Å². The molecule has 6 nitrogen and oxygen atoms in total. The zero-order valence-electron chi connectivity index (χ0n) is 21.4. The molecule has 1 fully saturated rings. The minimum absolute atomic E-state index is 0.00424. The van der Waals surface area contributed by atoms with Gasteiger partial charge in [0.25, 0.3) is 0 Å². The molecular weight excluding hydrogens is 432 g/mol. The van der Waals surface area contributed by atoms with Gasteiger partial charge in [-0.15, -0.1) is 11.3 Å². The summed E-state index contributed by atoms with van der Waals surface area (Å²) in [5.41, 5.74) is 4.84. The number of nitrogens with one attached hydrogen (secondary N) is 2. The van der Waals surface area contributed by atoms with E-state index >= 15 is 0 Å². The highest BCUT2D eigenvalue weighted by molar-refractivity contribution is 7.13. The third-order valence-corrected chi connectivity index (χ3v) is 6.99. The first-order chi connectivity index (χ1) is 15.6. The van der Waals surface area contributed by atoms with Crippen molar-refractivity contribution in [3.63, 3.8) is 0 Å². The molecule has 1 aromatic heterocycles. The van der Waals surface area contributed by atoms with E-state index in [1.165, 1.54) is 4.88 Å². The van der Waals surface area contributed by atoms with Gasteiger partial charge in [-0.3, -0.25) is 9.59 Å². The van der Waals surface area contributed by atoms with Crippen molar-refractivity contribution in [2.24, 2.45) is 5.41 Å². The highest BCUT2D eigenvalue weighted by Gasteiger charge is 2.40. The fraction of sp³-hybridized carbons (Fsp3) is 0.577. The number of nitrogens with zero attached hydrogens (tertiary/aromatic N) is 2. The normalized spacial score (nSPS) is 17.7. The molecule has 1 aliphatic heterocycles. The van der Waals surface area contributed by atoms with Crippen molar-refractivity contribution in [1.82, 2.24) is 20.5 Å². The summed E-state index contributed by atoms with van der Waals surface area (Å²) in [5, 5.41) is 6.26. The van der Waals surface area contributed by atoms with Crippen molar-refractivity contribution >= 4 is 23.2 Å².